The van der Waals surface area contributed by atoms with E-state index in [2.05, 4.69) is 10.3 Å². The molecule has 1 heterocycles. The van der Waals surface area contributed by atoms with Gasteiger partial charge in [0.1, 0.15) is 5.75 Å². The molecule has 0 aliphatic carbocycles. The van der Waals surface area contributed by atoms with E-state index in [-0.39, 0.29) is 5.91 Å². The molecule has 28 heavy (non-hydrogen) atoms. The molecule has 0 aliphatic rings. The molecule has 1 aromatic heterocycles. The molecule has 0 spiro atoms. The zero-order valence-corrected chi connectivity index (χ0v) is 18.1. The summed E-state index contributed by atoms with van der Waals surface area (Å²) in [6.07, 6.45) is 0.929. The summed E-state index contributed by atoms with van der Waals surface area (Å²) in [6, 6.07) is 10.7. The summed E-state index contributed by atoms with van der Waals surface area (Å²) in [4.78, 5) is 16.6. The minimum Gasteiger partial charge on any atom is -0.493 e. The Balaban J connectivity index is 1.48. The Labute approximate surface area is 182 Å². The molecule has 3 aromatic rings. The molecule has 0 radical (unpaired) electrons. The average molecular weight is 456 g/mol. The lowest BCUT2D eigenvalue weighted by atomic mass is 10.2. The van der Waals surface area contributed by atoms with Crippen LogP contribution in [0.25, 0.3) is 11.3 Å². The number of thiazole rings is 1. The molecule has 1 amide bonds. The van der Waals surface area contributed by atoms with Crippen molar-refractivity contribution in [3.8, 4) is 17.0 Å². The number of hydrogen-bond donors (Lipinski definition) is 1. The minimum absolute atomic E-state index is 0.112. The van der Waals surface area contributed by atoms with Crippen LogP contribution in [-0.2, 0) is 4.79 Å². The van der Waals surface area contributed by atoms with Gasteiger partial charge in [0, 0.05) is 27.4 Å². The van der Waals surface area contributed by atoms with Gasteiger partial charge in [-0.05, 0) is 55.3 Å². The number of carbonyl (C=O) groups excluding carboxylic acids is 1. The van der Waals surface area contributed by atoms with Crippen LogP contribution in [-0.4, -0.2) is 17.5 Å². The van der Waals surface area contributed by atoms with Crippen molar-refractivity contribution in [3.63, 3.8) is 0 Å². The van der Waals surface area contributed by atoms with Crippen LogP contribution >= 0.6 is 46.1 Å². The molecule has 3 rings (SSSR count). The van der Waals surface area contributed by atoms with Crippen LogP contribution in [0.15, 0.2) is 41.8 Å². The van der Waals surface area contributed by atoms with Crippen LogP contribution < -0.4 is 10.1 Å². The second-order valence-electron chi connectivity index (χ2n) is 6.07. The Morgan fingerprint density at radius 1 is 1.14 bits per heavy atom. The first-order valence-corrected chi connectivity index (χ1v) is 10.5. The van der Waals surface area contributed by atoms with Gasteiger partial charge in [-0.3, -0.25) is 4.79 Å². The number of hydrogen-bond acceptors (Lipinski definition) is 4. The van der Waals surface area contributed by atoms with E-state index >= 15 is 0 Å². The van der Waals surface area contributed by atoms with Gasteiger partial charge in [0.25, 0.3) is 0 Å². The van der Waals surface area contributed by atoms with Crippen molar-refractivity contribution in [2.75, 3.05) is 11.9 Å². The Morgan fingerprint density at radius 3 is 2.64 bits per heavy atom. The van der Waals surface area contributed by atoms with E-state index in [4.69, 9.17) is 39.5 Å². The van der Waals surface area contributed by atoms with Crippen molar-refractivity contribution in [1.82, 2.24) is 4.98 Å². The molecule has 0 saturated carbocycles. The molecule has 0 unspecified atom stereocenters. The van der Waals surface area contributed by atoms with Gasteiger partial charge in [0.05, 0.1) is 17.3 Å². The molecule has 4 nitrogen and oxygen atoms in total. The lowest BCUT2D eigenvalue weighted by molar-refractivity contribution is -0.116. The van der Waals surface area contributed by atoms with Crippen molar-refractivity contribution in [3.05, 3.63) is 62.4 Å². The first-order chi connectivity index (χ1) is 13.4. The van der Waals surface area contributed by atoms with Gasteiger partial charge in [-0.25, -0.2) is 4.98 Å². The maximum atomic E-state index is 12.1. The molecule has 2 aromatic carbocycles. The average Bonchev–Trinajstić information content (AvgIpc) is 3.08. The first-order valence-electron chi connectivity index (χ1n) is 8.52. The van der Waals surface area contributed by atoms with E-state index in [1.165, 1.54) is 11.3 Å². The summed E-state index contributed by atoms with van der Waals surface area (Å²) >= 11 is 19.4. The van der Waals surface area contributed by atoms with Crippen LogP contribution in [0.4, 0.5) is 5.13 Å². The van der Waals surface area contributed by atoms with E-state index in [0.29, 0.717) is 45.3 Å². The largest absolute Gasteiger partial charge is 0.493 e. The third-order valence-corrected chi connectivity index (χ3v) is 5.44. The summed E-state index contributed by atoms with van der Waals surface area (Å²) in [5.41, 5.74) is 2.44. The number of benzene rings is 2. The highest BCUT2D eigenvalue weighted by Gasteiger charge is 2.11. The molecule has 146 valence electrons. The predicted octanol–water partition coefficient (Wildman–Crippen LogP) is 6.88. The minimum atomic E-state index is -0.112. The highest BCUT2D eigenvalue weighted by Crippen LogP contribution is 2.32. The second kappa shape index (κ2) is 9.61. The van der Waals surface area contributed by atoms with Crippen molar-refractivity contribution in [2.24, 2.45) is 0 Å². The number of nitrogens with zero attached hydrogens (tertiary/aromatic N) is 1. The summed E-state index contributed by atoms with van der Waals surface area (Å²) in [7, 11) is 0. The highest BCUT2D eigenvalue weighted by molar-refractivity contribution is 7.14. The Morgan fingerprint density at radius 2 is 1.89 bits per heavy atom. The van der Waals surface area contributed by atoms with Gasteiger partial charge >= 0.3 is 0 Å². The van der Waals surface area contributed by atoms with Gasteiger partial charge in [0.2, 0.25) is 5.91 Å². The van der Waals surface area contributed by atoms with E-state index < -0.39 is 0 Å². The maximum Gasteiger partial charge on any atom is 0.226 e. The summed E-state index contributed by atoms with van der Waals surface area (Å²) in [5.74, 6) is 0.661. The van der Waals surface area contributed by atoms with Crippen LogP contribution in [0.5, 0.6) is 5.75 Å². The Kier molecular flexibility index (Phi) is 7.18. The molecule has 0 atom stereocenters. The van der Waals surface area contributed by atoms with Gasteiger partial charge < -0.3 is 10.1 Å². The van der Waals surface area contributed by atoms with Crippen LogP contribution in [0.1, 0.15) is 18.4 Å². The molecular formula is C20H17Cl3N2O2S. The number of aromatic nitrogens is 1. The number of halogens is 3. The maximum absolute atomic E-state index is 12.1. The number of anilines is 1. The van der Waals surface area contributed by atoms with E-state index in [1.807, 2.05) is 24.4 Å². The topological polar surface area (TPSA) is 51.2 Å². The fourth-order valence-electron chi connectivity index (χ4n) is 2.52. The Hall–Kier alpha value is -1.79. The number of aryl methyl sites for hydroxylation is 1. The van der Waals surface area contributed by atoms with E-state index in [1.54, 1.807) is 24.3 Å². The Bertz CT molecular complexity index is 991. The second-order valence-corrected chi connectivity index (χ2v) is 8.21. The van der Waals surface area contributed by atoms with Crippen molar-refractivity contribution < 1.29 is 9.53 Å². The number of rotatable bonds is 7. The molecule has 0 bridgehead atoms. The van der Waals surface area contributed by atoms with Crippen molar-refractivity contribution in [2.45, 2.75) is 19.8 Å². The van der Waals surface area contributed by atoms with E-state index in [9.17, 15) is 4.79 Å². The van der Waals surface area contributed by atoms with Crippen molar-refractivity contribution in [1.29, 1.82) is 0 Å². The van der Waals surface area contributed by atoms with Gasteiger partial charge in [-0.15, -0.1) is 11.3 Å². The third kappa shape index (κ3) is 5.61. The molecule has 8 heteroatoms. The summed E-state index contributed by atoms with van der Waals surface area (Å²) < 4.78 is 5.70. The number of carbonyl (C=O) groups is 1. The standard InChI is InChI=1S/C20H17Cl3N2O2S/c1-12-9-13(21)5-7-18(12)27-8-2-3-19(26)25-20-24-17(11-28-20)15-6-4-14(22)10-16(15)23/h4-7,9-11H,2-3,8H2,1H3,(H,24,25,26). The van der Waals surface area contributed by atoms with Gasteiger partial charge in [0.15, 0.2) is 5.13 Å². The summed E-state index contributed by atoms with van der Waals surface area (Å²) in [6.45, 7) is 2.38. The lowest BCUT2D eigenvalue weighted by Gasteiger charge is -2.09. The van der Waals surface area contributed by atoms with Crippen LogP contribution in [0, 0.1) is 6.92 Å². The van der Waals surface area contributed by atoms with Gasteiger partial charge in [-0.1, -0.05) is 34.8 Å². The fourth-order valence-corrected chi connectivity index (χ4v) is 3.98. The van der Waals surface area contributed by atoms with E-state index in [0.717, 1.165) is 16.9 Å². The number of amides is 1. The molecule has 0 fully saturated rings. The molecule has 0 saturated heterocycles. The molecule has 0 aliphatic heterocycles. The normalized spacial score (nSPS) is 10.7. The smallest absolute Gasteiger partial charge is 0.226 e. The molecular weight excluding hydrogens is 439 g/mol. The quantitative estimate of drug-likeness (QED) is 0.395. The lowest BCUT2D eigenvalue weighted by Crippen LogP contribution is -2.12. The summed E-state index contributed by atoms with van der Waals surface area (Å²) in [5, 5.41) is 6.93. The highest BCUT2D eigenvalue weighted by atomic mass is 35.5. The third-order valence-electron chi connectivity index (χ3n) is 3.90. The zero-order chi connectivity index (χ0) is 20.1. The number of nitrogens with one attached hydrogen (secondary N) is 1. The monoisotopic (exact) mass is 454 g/mol. The number of ether oxygens (including phenoxy) is 1. The van der Waals surface area contributed by atoms with Crippen molar-refractivity contribution >= 4 is 57.2 Å². The molecule has 1 N–H and O–H groups in total. The van der Waals surface area contributed by atoms with Gasteiger partial charge in [-0.2, -0.15) is 0 Å². The van der Waals surface area contributed by atoms with Crippen LogP contribution in [0.3, 0.4) is 0 Å². The SMILES string of the molecule is Cc1cc(Cl)ccc1OCCCC(=O)Nc1nc(-c2ccc(Cl)cc2Cl)cs1. The fraction of sp³-hybridized carbons (Fsp3) is 0.200. The van der Waals surface area contributed by atoms with Crippen LogP contribution in [0.2, 0.25) is 15.1 Å². The zero-order valence-electron chi connectivity index (χ0n) is 15.0. The predicted molar refractivity (Wildman–Crippen MR) is 117 cm³/mol. The first kappa shape index (κ1) is 20.9.